The lowest BCUT2D eigenvalue weighted by Gasteiger charge is -2.48. The van der Waals surface area contributed by atoms with E-state index in [1.807, 2.05) is 0 Å². The molecule has 172 valence electrons. The number of carboxylic acids is 2. The van der Waals surface area contributed by atoms with Crippen molar-refractivity contribution in [3.63, 3.8) is 0 Å². The van der Waals surface area contributed by atoms with Gasteiger partial charge in [-0.1, -0.05) is 12.1 Å². The molecule has 3 aliphatic heterocycles. The first-order chi connectivity index (χ1) is 15.7. The SMILES string of the molecule is O=C(CCCC(C(=O)O)N1C(=O)c2ccccc2C1=O)N[C@@H]1C(=O)N2C(C(=O)O)=CCS[C@@H]12. The summed E-state index contributed by atoms with van der Waals surface area (Å²) in [5.74, 6) is -4.60. The van der Waals surface area contributed by atoms with Gasteiger partial charge in [-0.2, -0.15) is 0 Å². The molecular weight excluding hydrogens is 454 g/mol. The second-order valence-electron chi connectivity index (χ2n) is 7.64. The van der Waals surface area contributed by atoms with Crippen molar-refractivity contribution in [2.24, 2.45) is 0 Å². The van der Waals surface area contributed by atoms with E-state index in [0.29, 0.717) is 10.7 Å². The first kappa shape index (κ1) is 22.5. The van der Waals surface area contributed by atoms with E-state index in [2.05, 4.69) is 5.32 Å². The Hall–Kier alpha value is -3.67. The molecule has 1 aromatic rings. The van der Waals surface area contributed by atoms with Crippen LogP contribution in [0, 0.1) is 0 Å². The number of amides is 4. The molecule has 0 bridgehead atoms. The van der Waals surface area contributed by atoms with Crippen LogP contribution in [0.3, 0.4) is 0 Å². The highest BCUT2D eigenvalue weighted by Crippen LogP contribution is 2.37. The summed E-state index contributed by atoms with van der Waals surface area (Å²) in [6, 6.07) is 3.77. The lowest BCUT2D eigenvalue weighted by molar-refractivity contribution is -0.150. The summed E-state index contributed by atoms with van der Waals surface area (Å²) in [6.45, 7) is 0. The number of nitrogens with one attached hydrogen (secondary N) is 1. The van der Waals surface area contributed by atoms with Gasteiger partial charge in [-0.25, -0.2) is 9.59 Å². The molecule has 12 heteroatoms. The van der Waals surface area contributed by atoms with Gasteiger partial charge in [0.05, 0.1) is 11.1 Å². The van der Waals surface area contributed by atoms with Gasteiger partial charge < -0.3 is 15.5 Å². The maximum Gasteiger partial charge on any atom is 0.352 e. The highest BCUT2D eigenvalue weighted by Gasteiger charge is 2.52. The second-order valence-corrected chi connectivity index (χ2v) is 8.79. The van der Waals surface area contributed by atoms with Gasteiger partial charge in [0, 0.05) is 12.2 Å². The van der Waals surface area contributed by atoms with Crippen LogP contribution in [0.5, 0.6) is 0 Å². The molecule has 3 atom stereocenters. The van der Waals surface area contributed by atoms with Gasteiger partial charge in [0.15, 0.2) is 0 Å². The maximum atomic E-state index is 12.6. The summed E-state index contributed by atoms with van der Waals surface area (Å²) in [6.07, 6.45) is 1.22. The number of thioether (sulfide) groups is 1. The smallest absolute Gasteiger partial charge is 0.352 e. The van der Waals surface area contributed by atoms with Gasteiger partial charge in [0.1, 0.15) is 23.2 Å². The van der Waals surface area contributed by atoms with Crippen LogP contribution in [0.1, 0.15) is 40.0 Å². The molecule has 4 amide bonds. The summed E-state index contributed by atoms with van der Waals surface area (Å²) < 4.78 is 0. The van der Waals surface area contributed by atoms with Gasteiger partial charge in [-0.3, -0.25) is 29.0 Å². The quantitative estimate of drug-likeness (QED) is 0.355. The average molecular weight is 473 g/mol. The van der Waals surface area contributed by atoms with Crippen LogP contribution in [-0.2, 0) is 19.2 Å². The van der Waals surface area contributed by atoms with Crippen molar-refractivity contribution in [2.45, 2.75) is 36.7 Å². The number of imide groups is 1. The molecule has 0 saturated carbocycles. The van der Waals surface area contributed by atoms with E-state index >= 15 is 0 Å². The van der Waals surface area contributed by atoms with Crippen LogP contribution in [0.15, 0.2) is 36.0 Å². The number of carbonyl (C=O) groups is 6. The fraction of sp³-hybridized carbons (Fsp3) is 0.333. The van der Waals surface area contributed by atoms with Crippen molar-refractivity contribution in [1.82, 2.24) is 15.1 Å². The van der Waals surface area contributed by atoms with E-state index < -0.39 is 53.0 Å². The standard InChI is InChI=1S/C21H19N3O8S/c25-14(22-15-18(28)24-13(21(31)32)8-9-33-19(15)24)7-3-6-12(20(29)30)23-16(26)10-4-1-2-5-11(10)17(23)27/h1-2,4-5,8,12,15,19H,3,6-7,9H2,(H,22,25)(H,29,30)(H,31,32)/t12?,15-,19+/m1/s1. The van der Waals surface area contributed by atoms with Crippen molar-refractivity contribution in [3.8, 4) is 0 Å². The number of nitrogens with zero attached hydrogens (tertiary/aromatic N) is 2. The van der Waals surface area contributed by atoms with Gasteiger partial charge in [-0.05, 0) is 31.1 Å². The minimum atomic E-state index is -1.43. The summed E-state index contributed by atoms with van der Waals surface area (Å²) in [7, 11) is 0. The van der Waals surface area contributed by atoms with Gasteiger partial charge >= 0.3 is 11.9 Å². The summed E-state index contributed by atoms with van der Waals surface area (Å²) in [5, 5.41) is 20.8. The van der Waals surface area contributed by atoms with Crippen molar-refractivity contribution in [2.75, 3.05) is 5.75 Å². The zero-order chi connectivity index (χ0) is 23.9. The van der Waals surface area contributed by atoms with Crippen molar-refractivity contribution in [3.05, 3.63) is 47.2 Å². The van der Waals surface area contributed by atoms with Gasteiger partial charge in [0.2, 0.25) is 5.91 Å². The number of β-lactam (4-membered cyclic amide) rings is 1. The Morgan fingerprint density at radius 3 is 2.30 bits per heavy atom. The lowest BCUT2D eigenvalue weighted by atomic mass is 10.0. The molecule has 0 spiro atoms. The Morgan fingerprint density at radius 1 is 1.09 bits per heavy atom. The van der Waals surface area contributed by atoms with Crippen LogP contribution in [-0.4, -0.2) is 78.8 Å². The van der Waals surface area contributed by atoms with Crippen LogP contribution >= 0.6 is 11.8 Å². The van der Waals surface area contributed by atoms with Crippen LogP contribution in [0.2, 0.25) is 0 Å². The first-order valence-corrected chi connectivity index (χ1v) is 11.1. The number of fused-ring (bicyclic) bond motifs is 2. The molecule has 4 rings (SSSR count). The number of benzene rings is 1. The van der Waals surface area contributed by atoms with E-state index in [9.17, 15) is 39.0 Å². The summed E-state index contributed by atoms with van der Waals surface area (Å²) >= 11 is 1.32. The number of aliphatic carboxylic acids is 2. The molecule has 33 heavy (non-hydrogen) atoms. The average Bonchev–Trinajstić information content (AvgIpc) is 3.04. The molecule has 1 fully saturated rings. The van der Waals surface area contributed by atoms with E-state index in [1.165, 1.54) is 30.0 Å². The molecule has 1 aromatic carbocycles. The monoisotopic (exact) mass is 473 g/mol. The molecule has 1 saturated heterocycles. The molecule has 3 aliphatic rings. The zero-order valence-electron chi connectivity index (χ0n) is 17.1. The van der Waals surface area contributed by atoms with E-state index in [4.69, 9.17) is 0 Å². The predicted molar refractivity (Wildman–Crippen MR) is 113 cm³/mol. The summed E-state index contributed by atoms with van der Waals surface area (Å²) in [4.78, 5) is 74.6. The number of carboxylic acid groups (broad SMARTS) is 2. The Balaban J connectivity index is 1.33. The van der Waals surface area contributed by atoms with E-state index in [-0.39, 0.29) is 36.1 Å². The Morgan fingerprint density at radius 2 is 1.73 bits per heavy atom. The topological polar surface area (TPSA) is 161 Å². The van der Waals surface area contributed by atoms with Gasteiger partial charge in [-0.15, -0.1) is 11.8 Å². The molecule has 1 unspecified atom stereocenters. The van der Waals surface area contributed by atoms with E-state index in [0.717, 1.165) is 4.90 Å². The highest BCUT2D eigenvalue weighted by atomic mass is 32.2. The molecule has 0 aliphatic carbocycles. The van der Waals surface area contributed by atoms with Crippen molar-refractivity contribution < 1.29 is 39.0 Å². The third kappa shape index (κ3) is 3.86. The first-order valence-electron chi connectivity index (χ1n) is 10.1. The number of carbonyl (C=O) groups excluding carboxylic acids is 4. The number of hydrogen-bond donors (Lipinski definition) is 3. The molecule has 3 N–H and O–H groups in total. The van der Waals surface area contributed by atoms with Crippen molar-refractivity contribution >= 4 is 47.3 Å². The number of hydrogen-bond acceptors (Lipinski definition) is 7. The largest absolute Gasteiger partial charge is 0.480 e. The Kier molecular flexibility index (Phi) is 5.93. The third-order valence-electron chi connectivity index (χ3n) is 5.69. The molecule has 0 aromatic heterocycles. The van der Waals surface area contributed by atoms with E-state index in [1.54, 1.807) is 12.1 Å². The maximum absolute atomic E-state index is 12.6. The fourth-order valence-electron chi connectivity index (χ4n) is 4.09. The molecule has 11 nitrogen and oxygen atoms in total. The predicted octanol–water partition coefficient (Wildman–Crippen LogP) is 0.275. The normalized spacial score (nSPS) is 22.2. The van der Waals surface area contributed by atoms with Crippen LogP contribution < -0.4 is 5.32 Å². The molecule has 0 radical (unpaired) electrons. The number of rotatable bonds is 8. The Labute approximate surface area is 191 Å². The molecular formula is C21H19N3O8S. The third-order valence-corrected chi connectivity index (χ3v) is 6.87. The summed E-state index contributed by atoms with van der Waals surface area (Å²) in [5.41, 5.74) is 0.165. The Bertz CT molecular complexity index is 1080. The second kappa shape index (κ2) is 8.70. The lowest BCUT2D eigenvalue weighted by Crippen LogP contribution is -2.70. The molecule has 3 heterocycles. The van der Waals surface area contributed by atoms with Crippen molar-refractivity contribution in [1.29, 1.82) is 0 Å². The minimum absolute atomic E-state index is 0.0545. The zero-order valence-corrected chi connectivity index (χ0v) is 17.9. The minimum Gasteiger partial charge on any atom is -0.480 e. The van der Waals surface area contributed by atoms with Crippen LogP contribution in [0.25, 0.3) is 0 Å². The van der Waals surface area contributed by atoms with Gasteiger partial charge in [0.25, 0.3) is 17.7 Å². The van der Waals surface area contributed by atoms with Crippen LogP contribution in [0.4, 0.5) is 0 Å². The highest BCUT2D eigenvalue weighted by molar-refractivity contribution is 8.00. The fourth-order valence-corrected chi connectivity index (χ4v) is 5.29.